The van der Waals surface area contributed by atoms with Crippen molar-refractivity contribution in [3.05, 3.63) is 81.9 Å². The summed E-state index contributed by atoms with van der Waals surface area (Å²) in [5, 5.41) is 3.20. The van der Waals surface area contributed by atoms with Gasteiger partial charge in [-0.1, -0.05) is 67.6 Å². The Morgan fingerprint density at radius 2 is 1.55 bits per heavy atom. The first-order chi connectivity index (χ1) is 13.8. The first-order valence-electron chi connectivity index (χ1n) is 9.36. The number of aromatic nitrogens is 1. The number of benzene rings is 2. The molecule has 0 unspecified atom stereocenters. The van der Waals surface area contributed by atoms with Crippen LogP contribution in [0.4, 0.5) is 5.13 Å². The third-order valence-corrected chi connectivity index (χ3v) is 5.96. The number of anilines is 1. The number of Topliss-reactive ketones (excluding diaryl/α,β-unsaturated/α-hetero) is 1. The highest BCUT2D eigenvalue weighted by Gasteiger charge is 2.34. The maximum absolute atomic E-state index is 12.6. The predicted octanol–water partition coefficient (Wildman–Crippen LogP) is 4.78. The van der Waals surface area contributed by atoms with E-state index in [4.69, 9.17) is 0 Å². The quantitative estimate of drug-likeness (QED) is 0.635. The SMILES string of the molecule is CC1(C)CC(=O)c2sc(NC(=O)c3ccc(C(=O)c4ccccc4)cc3)nc2C1. The predicted molar refractivity (Wildman–Crippen MR) is 113 cm³/mol. The van der Waals surface area contributed by atoms with Crippen molar-refractivity contribution in [2.45, 2.75) is 26.7 Å². The fourth-order valence-corrected chi connectivity index (χ4v) is 4.39. The molecule has 146 valence electrons. The monoisotopic (exact) mass is 404 g/mol. The number of nitrogens with one attached hydrogen (secondary N) is 1. The van der Waals surface area contributed by atoms with Gasteiger partial charge in [-0.25, -0.2) is 4.98 Å². The van der Waals surface area contributed by atoms with Crippen LogP contribution in [-0.2, 0) is 6.42 Å². The zero-order valence-electron chi connectivity index (χ0n) is 16.2. The van der Waals surface area contributed by atoms with Gasteiger partial charge in [0.15, 0.2) is 16.7 Å². The Labute approximate surface area is 172 Å². The molecule has 6 heteroatoms. The fourth-order valence-electron chi connectivity index (χ4n) is 3.47. The van der Waals surface area contributed by atoms with E-state index in [1.807, 2.05) is 32.0 Å². The van der Waals surface area contributed by atoms with Gasteiger partial charge in [0.25, 0.3) is 5.91 Å². The van der Waals surface area contributed by atoms with Crippen LogP contribution < -0.4 is 5.32 Å². The van der Waals surface area contributed by atoms with Crippen LogP contribution in [0, 0.1) is 5.41 Å². The van der Waals surface area contributed by atoms with Crippen molar-refractivity contribution >= 4 is 33.9 Å². The third kappa shape index (κ3) is 4.03. The lowest BCUT2D eigenvalue weighted by Gasteiger charge is -2.26. The van der Waals surface area contributed by atoms with Gasteiger partial charge in [0.05, 0.1) is 10.6 Å². The van der Waals surface area contributed by atoms with Gasteiger partial charge in [0.1, 0.15) is 0 Å². The van der Waals surface area contributed by atoms with Crippen LogP contribution in [0.1, 0.15) is 61.9 Å². The minimum Gasteiger partial charge on any atom is -0.298 e. The molecule has 0 atom stereocenters. The van der Waals surface area contributed by atoms with E-state index >= 15 is 0 Å². The second kappa shape index (κ2) is 7.37. The Hall–Kier alpha value is -3.12. The summed E-state index contributed by atoms with van der Waals surface area (Å²) in [7, 11) is 0. The molecule has 0 aliphatic heterocycles. The lowest BCUT2D eigenvalue weighted by atomic mass is 9.78. The van der Waals surface area contributed by atoms with E-state index in [9.17, 15) is 14.4 Å². The third-order valence-electron chi connectivity index (χ3n) is 4.90. The lowest BCUT2D eigenvalue weighted by molar-refractivity contribution is 0.0915. The van der Waals surface area contributed by atoms with E-state index in [1.165, 1.54) is 11.3 Å². The van der Waals surface area contributed by atoms with E-state index in [1.54, 1.807) is 36.4 Å². The van der Waals surface area contributed by atoms with E-state index in [2.05, 4.69) is 10.3 Å². The average Bonchev–Trinajstić information content (AvgIpc) is 3.09. The van der Waals surface area contributed by atoms with Crippen LogP contribution in [0.2, 0.25) is 0 Å². The van der Waals surface area contributed by atoms with Gasteiger partial charge in [-0.05, 0) is 24.0 Å². The number of carbonyl (C=O) groups is 3. The number of nitrogens with zero attached hydrogens (tertiary/aromatic N) is 1. The van der Waals surface area contributed by atoms with Crippen molar-refractivity contribution in [3.63, 3.8) is 0 Å². The molecule has 4 rings (SSSR count). The van der Waals surface area contributed by atoms with E-state index in [0.29, 0.717) is 33.1 Å². The Morgan fingerprint density at radius 1 is 0.931 bits per heavy atom. The molecule has 0 bridgehead atoms. The largest absolute Gasteiger partial charge is 0.298 e. The molecule has 1 aliphatic rings. The average molecular weight is 404 g/mol. The number of thiazole rings is 1. The first kappa shape index (κ1) is 19.2. The minimum absolute atomic E-state index is 0.0815. The van der Waals surface area contributed by atoms with Gasteiger partial charge in [-0.15, -0.1) is 0 Å². The van der Waals surface area contributed by atoms with Crippen molar-refractivity contribution in [1.82, 2.24) is 4.98 Å². The Kier molecular flexibility index (Phi) is 4.88. The Balaban J connectivity index is 1.49. The van der Waals surface area contributed by atoms with Crippen LogP contribution in [0.25, 0.3) is 0 Å². The summed E-state index contributed by atoms with van der Waals surface area (Å²) in [4.78, 5) is 42.5. The highest BCUT2D eigenvalue weighted by atomic mass is 32.1. The van der Waals surface area contributed by atoms with E-state index in [-0.39, 0.29) is 22.9 Å². The number of fused-ring (bicyclic) bond motifs is 1. The maximum Gasteiger partial charge on any atom is 0.257 e. The molecule has 5 nitrogen and oxygen atoms in total. The highest BCUT2D eigenvalue weighted by molar-refractivity contribution is 7.17. The van der Waals surface area contributed by atoms with Crippen LogP contribution in [-0.4, -0.2) is 22.5 Å². The summed E-state index contributed by atoms with van der Waals surface area (Å²) < 4.78 is 0. The Bertz CT molecular complexity index is 1100. The molecule has 0 saturated carbocycles. The second-order valence-electron chi connectivity index (χ2n) is 7.96. The van der Waals surface area contributed by atoms with Gasteiger partial charge in [-0.3, -0.25) is 19.7 Å². The van der Waals surface area contributed by atoms with Crippen LogP contribution in [0.5, 0.6) is 0 Å². The fraction of sp³-hybridized carbons (Fsp3) is 0.217. The molecule has 1 aliphatic carbocycles. The molecule has 1 N–H and O–H groups in total. The van der Waals surface area contributed by atoms with Gasteiger partial charge >= 0.3 is 0 Å². The van der Waals surface area contributed by atoms with Gasteiger partial charge < -0.3 is 0 Å². The number of hydrogen-bond donors (Lipinski definition) is 1. The number of carbonyl (C=O) groups excluding carboxylic acids is 3. The van der Waals surface area contributed by atoms with Crippen LogP contribution >= 0.6 is 11.3 Å². The van der Waals surface area contributed by atoms with Gasteiger partial charge in [0, 0.05) is 23.1 Å². The summed E-state index contributed by atoms with van der Waals surface area (Å²) >= 11 is 1.23. The van der Waals surface area contributed by atoms with Crippen molar-refractivity contribution in [2.24, 2.45) is 5.41 Å². The van der Waals surface area contributed by atoms with Crippen molar-refractivity contribution in [2.75, 3.05) is 5.32 Å². The molecule has 0 saturated heterocycles. The molecule has 0 fully saturated rings. The van der Waals surface area contributed by atoms with E-state index in [0.717, 1.165) is 12.1 Å². The Morgan fingerprint density at radius 3 is 2.24 bits per heavy atom. The summed E-state index contributed by atoms with van der Waals surface area (Å²) in [5.41, 5.74) is 2.20. The lowest BCUT2D eigenvalue weighted by Crippen LogP contribution is -2.26. The summed E-state index contributed by atoms with van der Waals surface area (Å²) in [5.74, 6) is -0.328. The highest BCUT2D eigenvalue weighted by Crippen LogP contribution is 2.38. The smallest absolute Gasteiger partial charge is 0.257 e. The number of amides is 1. The molecular weight excluding hydrogens is 384 g/mol. The molecule has 1 heterocycles. The standard InChI is InChI=1S/C23H20N2O3S/c1-23(2)12-17-20(18(26)13-23)29-22(24-17)25-21(28)16-10-8-15(9-11-16)19(27)14-6-4-3-5-7-14/h3-11H,12-13H2,1-2H3,(H,24,25,28). The summed E-state index contributed by atoms with van der Waals surface area (Å²) in [6.07, 6.45) is 1.21. The van der Waals surface area contributed by atoms with Gasteiger partial charge in [-0.2, -0.15) is 0 Å². The normalized spacial score (nSPS) is 14.9. The van der Waals surface area contributed by atoms with Crippen molar-refractivity contribution < 1.29 is 14.4 Å². The van der Waals surface area contributed by atoms with E-state index < -0.39 is 0 Å². The van der Waals surface area contributed by atoms with Crippen molar-refractivity contribution in [3.8, 4) is 0 Å². The molecule has 1 aromatic heterocycles. The second-order valence-corrected chi connectivity index (χ2v) is 8.96. The summed E-state index contributed by atoms with van der Waals surface area (Å²) in [6.45, 7) is 4.09. The zero-order valence-corrected chi connectivity index (χ0v) is 17.0. The molecule has 3 aromatic rings. The topological polar surface area (TPSA) is 76.1 Å². The molecule has 29 heavy (non-hydrogen) atoms. The first-order valence-corrected chi connectivity index (χ1v) is 10.2. The summed E-state index contributed by atoms with van der Waals surface area (Å²) in [6, 6.07) is 15.5. The molecule has 1 amide bonds. The number of rotatable bonds is 4. The molecule has 0 radical (unpaired) electrons. The minimum atomic E-state index is -0.318. The van der Waals surface area contributed by atoms with Crippen LogP contribution in [0.3, 0.4) is 0 Å². The maximum atomic E-state index is 12.6. The zero-order chi connectivity index (χ0) is 20.6. The van der Waals surface area contributed by atoms with Crippen LogP contribution in [0.15, 0.2) is 54.6 Å². The molecule has 0 spiro atoms. The number of ketones is 2. The number of hydrogen-bond acceptors (Lipinski definition) is 5. The van der Waals surface area contributed by atoms with Crippen molar-refractivity contribution in [1.29, 1.82) is 0 Å². The molecular formula is C23H20N2O3S. The molecule has 2 aromatic carbocycles. The van der Waals surface area contributed by atoms with Gasteiger partial charge in [0.2, 0.25) is 0 Å².